The number of nitrogens with two attached hydrogens (primary N) is 1. The van der Waals surface area contributed by atoms with Gasteiger partial charge in [0.1, 0.15) is 4.90 Å². The maximum Gasteiger partial charge on any atom is 0.240 e. The molecule has 0 aliphatic heterocycles. The van der Waals surface area contributed by atoms with Gasteiger partial charge in [0.05, 0.1) is 22.1 Å². The van der Waals surface area contributed by atoms with Crippen LogP contribution < -0.4 is 5.14 Å². The third kappa shape index (κ3) is 4.10. The molecule has 9 heteroatoms. The average Bonchev–Trinajstić information content (AvgIpc) is 3.15. The van der Waals surface area contributed by atoms with Crippen molar-refractivity contribution in [3.8, 4) is 28.2 Å². The number of rotatable bonds is 4. The summed E-state index contributed by atoms with van der Waals surface area (Å²) in [6, 6.07) is 20.3. The Balaban J connectivity index is 2.03. The number of hydrogen-bond acceptors (Lipinski definition) is 3. The van der Waals surface area contributed by atoms with Crippen LogP contribution in [0.15, 0.2) is 77.7 Å². The lowest BCUT2D eigenvalue weighted by atomic mass is 10.1. The smallest absolute Gasteiger partial charge is 0.231 e. The second-order valence-electron chi connectivity index (χ2n) is 6.47. The lowest BCUT2D eigenvalue weighted by Gasteiger charge is -2.12. The van der Waals surface area contributed by atoms with E-state index in [0.29, 0.717) is 37.7 Å². The van der Waals surface area contributed by atoms with Crippen LogP contribution in [0.4, 0.5) is 0 Å². The fourth-order valence-electron chi connectivity index (χ4n) is 3.08. The summed E-state index contributed by atoms with van der Waals surface area (Å²) in [5, 5.41) is 11.6. The third-order valence-corrected chi connectivity index (χ3v) is 6.23. The van der Waals surface area contributed by atoms with Crippen LogP contribution in [0.1, 0.15) is 0 Å². The Bertz CT molecular complexity index is 1350. The average molecular weight is 479 g/mol. The predicted octanol–water partition coefficient (Wildman–Crippen LogP) is 5.81. The van der Waals surface area contributed by atoms with Gasteiger partial charge in [-0.3, -0.25) is 0 Å². The summed E-state index contributed by atoms with van der Waals surface area (Å²) >= 11 is 18.6. The first-order chi connectivity index (χ1) is 14.2. The van der Waals surface area contributed by atoms with Gasteiger partial charge in [-0.25, -0.2) is 18.2 Å². The first-order valence-electron chi connectivity index (χ1n) is 8.68. The summed E-state index contributed by atoms with van der Waals surface area (Å²) < 4.78 is 25.9. The van der Waals surface area contributed by atoms with Crippen LogP contribution in [0, 0.1) is 0 Å². The molecule has 0 fully saturated rings. The minimum Gasteiger partial charge on any atom is -0.231 e. The number of primary sulfonamides is 1. The van der Waals surface area contributed by atoms with E-state index in [1.54, 1.807) is 54.6 Å². The molecule has 1 aromatic heterocycles. The molecular weight excluding hydrogens is 465 g/mol. The number of hydrogen-bond donors (Lipinski definition) is 1. The lowest BCUT2D eigenvalue weighted by Crippen LogP contribution is -2.16. The Labute approximate surface area is 188 Å². The molecule has 0 bridgehead atoms. The highest BCUT2D eigenvalue weighted by Crippen LogP contribution is 2.36. The molecular formula is C21H14Cl3N3O2S. The van der Waals surface area contributed by atoms with Crippen LogP contribution in [-0.4, -0.2) is 18.2 Å². The van der Waals surface area contributed by atoms with E-state index >= 15 is 0 Å². The molecule has 0 atom stereocenters. The molecule has 0 unspecified atom stereocenters. The minimum absolute atomic E-state index is 0.0600. The van der Waals surface area contributed by atoms with Gasteiger partial charge in [-0.15, -0.1) is 0 Å². The standard InChI is InChI=1S/C21H14Cl3N3O2S/c22-14-7-5-13(6-8-14)18-12-20(16-11-15(23)9-10-17(16)24)27(26-18)19-3-1-2-4-21(19)30(25,28)29/h1-12H,(H2,25,28,29). The van der Waals surface area contributed by atoms with E-state index in [1.807, 2.05) is 12.1 Å². The lowest BCUT2D eigenvalue weighted by molar-refractivity contribution is 0.596. The van der Waals surface area contributed by atoms with E-state index in [9.17, 15) is 8.42 Å². The van der Waals surface area contributed by atoms with Gasteiger partial charge in [0.25, 0.3) is 0 Å². The van der Waals surface area contributed by atoms with Gasteiger partial charge in [0.15, 0.2) is 0 Å². The Morgan fingerprint density at radius 2 is 1.50 bits per heavy atom. The van der Waals surface area contributed by atoms with Crippen molar-refractivity contribution in [1.29, 1.82) is 0 Å². The zero-order valence-electron chi connectivity index (χ0n) is 15.3. The van der Waals surface area contributed by atoms with E-state index in [0.717, 1.165) is 5.56 Å². The van der Waals surface area contributed by atoms with Crippen molar-refractivity contribution in [3.63, 3.8) is 0 Å². The second kappa shape index (κ2) is 8.06. The van der Waals surface area contributed by atoms with Crippen LogP contribution in [0.5, 0.6) is 0 Å². The molecule has 0 amide bonds. The molecule has 3 aromatic carbocycles. The van der Waals surface area contributed by atoms with Crippen LogP contribution in [0.3, 0.4) is 0 Å². The van der Waals surface area contributed by atoms with E-state index in [4.69, 9.17) is 39.9 Å². The predicted molar refractivity (Wildman–Crippen MR) is 121 cm³/mol. The molecule has 4 aromatic rings. The van der Waals surface area contributed by atoms with Crippen molar-refractivity contribution in [2.24, 2.45) is 5.14 Å². The highest BCUT2D eigenvalue weighted by Gasteiger charge is 2.21. The van der Waals surface area contributed by atoms with E-state index in [1.165, 1.54) is 10.7 Å². The van der Waals surface area contributed by atoms with Crippen molar-refractivity contribution in [1.82, 2.24) is 9.78 Å². The molecule has 0 aliphatic rings. The molecule has 1 heterocycles. The van der Waals surface area contributed by atoms with Crippen LogP contribution in [0.25, 0.3) is 28.2 Å². The molecule has 0 saturated heterocycles. The van der Waals surface area contributed by atoms with E-state index in [-0.39, 0.29) is 4.90 Å². The summed E-state index contributed by atoms with van der Waals surface area (Å²) in [5.41, 5.74) is 2.85. The van der Waals surface area contributed by atoms with Gasteiger partial charge < -0.3 is 0 Å². The summed E-state index contributed by atoms with van der Waals surface area (Å²) in [6.45, 7) is 0. The number of nitrogens with zero attached hydrogens (tertiary/aromatic N) is 2. The van der Waals surface area contributed by atoms with Crippen LogP contribution in [0.2, 0.25) is 15.1 Å². The molecule has 2 N–H and O–H groups in total. The molecule has 0 spiro atoms. The largest absolute Gasteiger partial charge is 0.240 e. The maximum absolute atomic E-state index is 12.2. The number of benzene rings is 3. The van der Waals surface area contributed by atoms with Crippen molar-refractivity contribution >= 4 is 44.8 Å². The number of para-hydroxylation sites is 1. The van der Waals surface area contributed by atoms with Crippen molar-refractivity contribution in [2.45, 2.75) is 4.90 Å². The van der Waals surface area contributed by atoms with Crippen LogP contribution in [-0.2, 0) is 10.0 Å². The van der Waals surface area contributed by atoms with Gasteiger partial charge in [-0.1, -0.05) is 59.1 Å². The zero-order chi connectivity index (χ0) is 21.5. The summed E-state index contributed by atoms with van der Waals surface area (Å²) in [4.78, 5) is -0.0600. The maximum atomic E-state index is 12.2. The summed E-state index contributed by atoms with van der Waals surface area (Å²) in [6.07, 6.45) is 0. The molecule has 30 heavy (non-hydrogen) atoms. The van der Waals surface area contributed by atoms with E-state index in [2.05, 4.69) is 5.10 Å². The molecule has 5 nitrogen and oxygen atoms in total. The van der Waals surface area contributed by atoms with Gasteiger partial charge in [0.2, 0.25) is 10.0 Å². The topological polar surface area (TPSA) is 78.0 Å². The van der Waals surface area contributed by atoms with Crippen molar-refractivity contribution in [3.05, 3.63) is 87.9 Å². The number of aromatic nitrogens is 2. The van der Waals surface area contributed by atoms with Gasteiger partial charge in [-0.2, -0.15) is 5.10 Å². The third-order valence-electron chi connectivity index (χ3n) is 4.45. The van der Waals surface area contributed by atoms with Gasteiger partial charge in [0, 0.05) is 21.2 Å². The SMILES string of the molecule is NS(=O)(=O)c1ccccc1-n1nc(-c2ccc(Cl)cc2)cc1-c1cc(Cl)ccc1Cl. The van der Waals surface area contributed by atoms with Crippen molar-refractivity contribution < 1.29 is 8.42 Å². The summed E-state index contributed by atoms with van der Waals surface area (Å²) in [7, 11) is -4.00. The van der Waals surface area contributed by atoms with Crippen LogP contribution >= 0.6 is 34.8 Å². The highest BCUT2D eigenvalue weighted by molar-refractivity contribution is 7.89. The number of sulfonamides is 1. The number of halogens is 3. The molecule has 152 valence electrons. The fourth-order valence-corrected chi connectivity index (χ4v) is 4.31. The fraction of sp³-hybridized carbons (Fsp3) is 0. The Morgan fingerprint density at radius 3 is 2.20 bits per heavy atom. The zero-order valence-corrected chi connectivity index (χ0v) is 18.3. The normalized spacial score (nSPS) is 11.6. The molecule has 4 rings (SSSR count). The Hall–Kier alpha value is -2.35. The first kappa shape index (κ1) is 20.9. The molecule has 0 radical (unpaired) electrons. The van der Waals surface area contributed by atoms with Crippen molar-refractivity contribution in [2.75, 3.05) is 0 Å². The monoisotopic (exact) mass is 477 g/mol. The second-order valence-corrected chi connectivity index (χ2v) is 9.28. The minimum atomic E-state index is -4.00. The Kier molecular flexibility index (Phi) is 5.61. The molecule has 0 aliphatic carbocycles. The first-order valence-corrected chi connectivity index (χ1v) is 11.4. The highest BCUT2D eigenvalue weighted by atomic mass is 35.5. The quantitative estimate of drug-likeness (QED) is 0.402. The molecule has 0 saturated carbocycles. The van der Waals surface area contributed by atoms with E-state index < -0.39 is 10.0 Å². The Morgan fingerprint density at radius 1 is 0.833 bits per heavy atom. The summed E-state index contributed by atoms with van der Waals surface area (Å²) in [5.74, 6) is 0. The van der Waals surface area contributed by atoms with Gasteiger partial charge >= 0.3 is 0 Å². The van der Waals surface area contributed by atoms with Gasteiger partial charge in [-0.05, 0) is 48.5 Å².